The van der Waals surface area contributed by atoms with E-state index < -0.39 is 4.87 Å². The molecule has 36 heavy (non-hydrogen) atoms. The van der Waals surface area contributed by atoms with Crippen molar-refractivity contribution < 1.29 is 18.7 Å². The number of benzene rings is 3. The summed E-state index contributed by atoms with van der Waals surface area (Å²) in [6.45, 7) is 6.75. The van der Waals surface area contributed by atoms with Gasteiger partial charge in [-0.3, -0.25) is 9.69 Å². The smallest absolute Gasteiger partial charge is 0.323 e. The van der Waals surface area contributed by atoms with Crippen LogP contribution in [0, 0.1) is 12.7 Å². The summed E-state index contributed by atoms with van der Waals surface area (Å²) in [6.07, 6.45) is 0. The normalized spacial score (nSPS) is 20.1. The van der Waals surface area contributed by atoms with Gasteiger partial charge in [0.1, 0.15) is 11.6 Å². The molecule has 1 saturated heterocycles. The van der Waals surface area contributed by atoms with E-state index in [0.29, 0.717) is 18.0 Å². The summed E-state index contributed by atoms with van der Waals surface area (Å²) in [5.41, 5.74) is 4.00. The third-order valence-corrected chi connectivity index (χ3v) is 8.12. The average molecular weight is 506 g/mol. The van der Waals surface area contributed by atoms with Gasteiger partial charge in [-0.1, -0.05) is 29.8 Å². The highest BCUT2D eigenvalue weighted by Gasteiger charge is 2.63. The Morgan fingerprint density at radius 3 is 2.44 bits per heavy atom. The van der Waals surface area contributed by atoms with Crippen LogP contribution in [0.25, 0.3) is 0 Å². The van der Waals surface area contributed by atoms with Crippen LogP contribution in [0.3, 0.4) is 0 Å². The van der Waals surface area contributed by atoms with Crippen molar-refractivity contribution in [2.45, 2.75) is 36.9 Å². The van der Waals surface area contributed by atoms with Crippen LogP contribution in [-0.4, -0.2) is 35.2 Å². The minimum absolute atomic E-state index is 0.173. The number of amides is 3. The van der Waals surface area contributed by atoms with Crippen molar-refractivity contribution in [2.24, 2.45) is 0 Å². The molecule has 1 unspecified atom stereocenters. The second kappa shape index (κ2) is 8.85. The molecule has 2 aliphatic heterocycles. The van der Waals surface area contributed by atoms with Crippen molar-refractivity contribution in [1.29, 1.82) is 0 Å². The molecule has 3 amide bonds. The molecule has 1 N–H and O–H groups in total. The molecule has 0 bridgehead atoms. The monoisotopic (exact) mass is 505 g/mol. The molecule has 1 spiro atoms. The van der Waals surface area contributed by atoms with Gasteiger partial charge in [-0.2, -0.15) is 0 Å². The summed E-state index contributed by atoms with van der Waals surface area (Å²) in [7, 11) is 1.59. The van der Waals surface area contributed by atoms with Gasteiger partial charge in [-0.25, -0.2) is 9.18 Å². The van der Waals surface area contributed by atoms with Crippen molar-refractivity contribution in [3.63, 3.8) is 0 Å². The predicted molar refractivity (Wildman–Crippen MR) is 141 cm³/mol. The molecule has 8 heteroatoms. The standard InChI is InChI=1S/C28H28FN3O3S/c1-18-5-14-24-23(15-18)28(25(33)31(24)16-19-6-8-20(29)9-7-19)32(17-27(2,3)36-28)26(34)30-21-10-12-22(35-4)13-11-21/h5-15H,16-17H2,1-4H3,(H,30,34). The fourth-order valence-corrected chi connectivity index (χ4v) is 6.63. The summed E-state index contributed by atoms with van der Waals surface area (Å²) >= 11 is 1.50. The van der Waals surface area contributed by atoms with E-state index in [2.05, 4.69) is 5.32 Å². The van der Waals surface area contributed by atoms with Crippen LogP contribution in [0.5, 0.6) is 5.75 Å². The average Bonchev–Trinajstić information content (AvgIpc) is 3.27. The lowest BCUT2D eigenvalue weighted by atomic mass is 10.0. The van der Waals surface area contributed by atoms with Crippen LogP contribution in [0.1, 0.15) is 30.5 Å². The molecule has 186 valence electrons. The van der Waals surface area contributed by atoms with E-state index in [0.717, 1.165) is 22.4 Å². The summed E-state index contributed by atoms with van der Waals surface area (Å²) in [5.74, 6) is 0.190. The molecule has 0 saturated carbocycles. The van der Waals surface area contributed by atoms with Gasteiger partial charge < -0.3 is 15.0 Å². The topological polar surface area (TPSA) is 61.9 Å². The molecule has 2 aliphatic rings. The second-order valence-corrected chi connectivity index (χ2v) is 11.7. The van der Waals surface area contributed by atoms with E-state index in [1.54, 1.807) is 53.3 Å². The lowest BCUT2D eigenvalue weighted by Gasteiger charge is -2.33. The van der Waals surface area contributed by atoms with E-state index in [1.165, 1.54) is 23.9 Å². The van der Waals surface area contributed by atoms with Crippen molar-refractivity contribution in [1.82, 2.24) is 4.90 Å². The third-order valence-electron chi connectivity index (χ3n) is 6.53. The van der Waals surface area contributed by atoms with E-state index in [4.69, 9.17) is 4.74 Å². The third kappa shape index (κ3) is 4.09. The first kappa shape index (κ1) is 24.2. The van der Waals surface area contributed by atoms with Gasteiger partial charge in [-0.15, -0.1) is 11.8 Å². The van der Waals surface area contributed by atoms with Gasteiger partial charge in [0.05, 0.1) is 19.3 Å². The lowest BCUT2D eigenvalue weighted by Crippen LogP contribution is -2.51. The number of nitrogens with one attached hydrogen (secondary N) is 1. The Morgan fingerprint density at radius 1 is 1.08 bits per heavy atom. The quantitative estimate of drug-likeness (QED) is 0.480. The van der Waals surface area contributed by atoms with E-state index in [1.807, 2.05) is 39.0 Å². The zero-order valence-corrected chi connectivity index (χ0v) is 21.5. The van der Waals surface area contributed by atoms with Gasteiger partial charge in [0.15, 0.2) is 4.87 Å². The number of anilines is 2. The molecule has 0 aliphatic carbocycles. The first-order chi connectivity index (χ1) is 17.1. The van der Waals surface area contributed by atoms with Gasteiger partial charge in [0, 0.05) is 22.5 Å². The number of methoxy groups -OCH3 is 1. The molecular formula is C28H28FN3O3S. The molecular weight excluding hydrogens is 477 g/mol. The number of urea groups is 1. The van der Waals surface area contributed by atoms with Crippen LogP contribution in [0.4, 0.5) is 20.6 Å². The molecule has 3 aromatic rings. The second-order valence-electron chi connectivity index (χ2n) is 9.79. The largest absolute Gasteiger partial charge is 0.497 e. The number of halogens is 1. The minimum atomic E-state index is -1.21. The summed E-state index contributed by atoms with van der Waals surface area (Å²) in [6, 6.07) is 18.8. The van der Waals surface area contributed by atoms with E-state index in [9.17, 15) is 14.0 Å². The molecule has 1 fully saturated rings. The maximum atomic E-state index is 14.3. The van der Waals surface area contributed by atoms with Crippen molar-refractivity contribution in [2.75, 3.05) is 23.9 Å². The SMILES string of the molecule is COc1ccc(NC(=O)N2CC(C)(C)SC23C(=O)N(Cc2ccc(F)cc2)c2ccc(C)cc23)cc1. The molecule has 6 nitrogen and oxygen atoms in total. The number of hydrogen-bond donors (Lipinski definition) is 1. The molecule has 0 radical (unpaired) electrons. The number of rotatable bonds is 4. The Balaban J connectivity index is 1.55. The highest BCUT2D eigenvalue weighted by molar-refractivity contribution is 8.02. The molecule has 5 rings (SSSR count). The first-order valence-corrected chi connectivity index (χ1v) is 12.5. The predicted octanol–water partition coefficient (Wildman–Crippen LogP) is 5.90. The number of nitrogens with zero attached hydrogens (tertiary/aromatic N) is 2. The minimum Gasteiger partial charge on any atom is -0.497 e. The zero-order valence-electron chi connectivity index (χ0n) is 20.7. The summed E-state index contributed by atoms with van der Waals surface area (Å²) in [4.78, 5) is 30.2. The Bertz CT molecular complexity index is 1330. The van der Waals surface area contributed by atoms with Crippen LogP contribution in [0.15, 0.2) is 66.7 Å². The van der Waals surface area contributed by atoms with Gasteiger partial charge in [0.25, 0.3) is 5.91 Å². The van der Waals surface area contributed by atoms with Crippen LogP contribution < -0.4 is 15.0 Å². The molecule has 1 atom stereocenters. The van der Waals surface area contributed by atoms with Gasteiger partial charge in [-0.05, 0) is 68.8 Å². The Kier molecular flexibility index (Phi) is 5.95. The highest BCUT2D eigenvalue weighted by atomic mass is 32.2. The van der Waals surface area contributed by atoms with Crippen LogP contribution in [-0.2, 0) is 16.2 Å². The summed E-state index contributed by atoms with van der Waals surface area (Å²) < 4.78 is 18.4. The maximum absolute atomic E-state index is 14.3. The van der Waals surface area contributed by atoms with E-state index >= 15 is 0 Å². The number of carbonyl (C=O) groups excluding carboxylic acids is 2. The summed E-state index contributed by atoms with van der Waals surface area (Å²) in [5, 5.41) is 2.97. The fourth-order valence-electron chi connectivity index (χ4n) is 4.91. The van der Waals surface area contributed by atoms with Crippen molar-refractivity contribution in [3.8, 4) is 5.75 Å². The Hall–Kier alpha value is -3.52. The Labute approximate surface area is 214 Å². The highest BCUT2D eigenvalue weighted by Crippen LogP contribution is 2.60. The molecule has 3 aromatic carbocycles. The number of fused-ring (bicyclic) bond motifs is 2. The number of hydrogen-bond acceptors (Lipinski definition) is 4. The van der Waals surface area contributed by atoms with Gasteiger partial charge >= 0.3 is 6.03 Å². The van der Waals surface area contributed by atoms with Crippen molar-refractivity contribution in [3.05, 3.63) is 89.2 Å². The fraction of sp³-hybridized carbons (Fsp3) is 0.286. The number of thioether (sulfide) groups is 1. The number of ether oxygens (including phenoxy) is 1. The van der Waals surface area contributed by atoms with E-state index in [-0.39, 0.29) is 29.0 Å². The van der Waals surface area contributed by atoms with Crippen molar-refractivity contribution >= 4 is 35.1 Å². The van der Waals surface area contributed by atoms with Gasteiger partial charge in [0.2, 0.25) is 0 Å². The van der Waals surface area contributed by atoms with Crippen LogP contribution in [0.2, 0.25) is 0 Å². The van der Waals surface area contributed by atoms with Crippen LogP contribution >= 0.6 is 11.8 Å². The number of aryl methyl sites for hydroxylation is 1. The molecule has 2 heterocycles. The maximum Gasteiger partial charge on any atom is 0.323 e. The lowest BCUT2D eigenvalue weighted by molar-refractivity contribution is -0.123. The number of carbonyl (C=O) groups is 2. The first-order valence-electron chi connectivity index (χ1n) is 11.7. The zero-order chi connectivity index (χ0) is 25.7. The Morgan fingerprint density at radius 2 is 1.78 bits per heavy atom. The molecule has 0 aromatic heterocycles.